The molecule has 1 spiro atoms. The van der Waals surface area contributed by atoms with E-state index in [2.05, 4.69) is 10.00 Å². The molecule has 2 aromatic rings. The lowest BCUT2D eigenvalue weighted by Gasteiger charge is -2.48. The van der Waals surface area contributed by atoms with Crippen LogP contribution in [0.4, 0.5) is 4.39 Å². The second-order valence-electron chi connectivity index (χ2n) is 7.26. The maximum Gasteiger partial charge on any atom is 0.123 e. The van der Waals surface area contributed by atoms with Crippen LogP contribution in [0.3, 0.4) is 0 Å². The number of aliphatic hydroxyl groups excluding tert-OH is 2. The normalized spacial score (nSPS) is 26.3. The quantitative estimate of drug-likeness (QED) is 0.867. The third-order valence-corrected chi connectivity index (χ3v) is 5.54. The smallest absolute Gasteiger partial charge is 0.123 e. The molecule has 0 aliphatic carbocycles. The van der Waals surface area contributed by atoms with Crippen molar-refractivity contribution in [2.75, 3.05) is 19.7 Å². The van der Waals surface area contributed by atoms with E-state index in [-0.39, 0.29) is 5.82 Å². The summed E-state index contributed by atoms with van der Waals surface area (Å²) in [5.74, 6) is -0.263. The van der Waals surface area contributed by atoms with Gasteiger partial charge in [0.1, 0.15) is 11.9 Å². The van der Waals surface area contributed by atoms with E-state index >= 15 is 0 Å². The van der Waals surface area contributed by atoms with Crippen molar-refractivity contribution in [1.29, 1.82) is 0 Å². The second-order valence-corrected chi connectivity index (χ2v) is 7.26. The molecule has 26 heavy (non-hydrogen) atoms. The van der Waals surface area contributed by atoms with Crippen molar-refractivity contribution >= 4 is 0 Å². The van der Waals surface area contributed by atoms with Crippen molar-refractivity contribution in [3.8, 4) is 5.69 Å². The Labute approximate surface area is 151 Å². The van der Waals surface area contributed by atoms with Gasteiger partial charge in [-0.15, -0.1) is 0 Å². The lowest BCUT2D eigenvalue weighted by atomic mass is 9.80. The Morgan fingerprint density at radius 2 is 1.92 bits per heavy atom. The van der Waals surface area contributed by atoms with Crippen molar-refractivity contribution in [2.24, 2.45) is 0 Å². The number of ether oxygens (including phenoxy) is 1. The summed E-state index contributed by atoms with van der Waals surface area (Å²) >= 11 is 0. The van der Waals surface area contributed by atoms with Crippen LogP contribution in [0.5, 0.6) is 0 Å². The Morgan fingerprint density at radius 1 is 1.19 bits per heavy atom. The molecule has 7 heteroatoms. The van der Waals surface area contributed by atoms with E-state index in [1.807, 2.05) is 12.4 Å². The van der Waals surface area contributed by atoms with E-state index in [0.29, 0.717) is 25.9 Å². The first-order valence-electron chi connectivity index (χ1n) is 9.08. The molecule has 0 bridgehead atoms. The van der Waals surface area contributed by atoms with Gasteiger partial charge in [0.05, 0.1) is 30.2 Å². The minimum atomic E-state index is -0.806. The molecule has 2 aliphatic heterocycles. The molecule has 2 saturated heterocycles. The number of hydrogen-bond acceptors (Lipinski definition) is 5. The van der Waals surface area contributed by atoms with Crippen LogP contribution in [0.2, 0.25) is 0 Å². The van der Waals surface area contributed by atoms with Crippen molar-refractivity contribution in [3.63, 3.8) is 0 Å². The molecular weight excluding hydrogens is 337 g/mol. The highest BCUT2D eigenvalue weighted by molar-refractivity contribution is 5.31. The fourth-order valence-corrected chi connectivity index (χ4v) is 3.94. The molecule has 6 nitrogen and oxygen atoms in total. The van der Waals surface area contributed by atoms with Crippen LogP contribution >= 0.6 is 0 Å². The predicted molar refractivity (Wildman–Crippen MR) is 93.3 cm³/mol. The highest BCUT2D eigenvalue weighted by atomic mass is 19.1. The maximum atomic E-state index is 13.0. The van der Waals surface area contributed by atoms with Gasteiger partial charge in [-0.1, -0.05) is 0 Å². The highest BCUT2D eigenvalue weighted by Gasteiger charge is 2.47. The van der Waals surface area contributed by atoms with Gasteiger partial charge in [0.25, 0.3) is 0 Å². The number of likely N-dealkylation sites (tertiary alicyclic amines) is 1. The predicted octanol–water partition coefficient (Wildman–Crippen LogP) is 1.49. The molecule has 2 N–H and O–H groups in total. The zero-order valence-electron chi connectivity index (χ0n) is 14.6. The third kappa shape index (κ3) is 3.40. The molecule has 4 rings (SSSR count). The molecule has 2 aliphatic rings. The van der Waals surface area contributed by atoms with Gasteiger partial charge < -0.3 is 14.9 Å². The highest BCUT2D eigenvalue weighted by Crippen LogP contribution is 2.35. The van der Waals surface area contributed by atoms with E-state index in [1.54, 1.807) is 16.8 Å². The molecule has 3 heterocycles. The Morgan fingerprint density at radius 3 is 2.65 bits per heavy atom. The van der Waals surface area contributed by atoms with Gasteiger partial charge in [-0.3, -0.25) is 4.90 Å². The fraction of sp³-hybridized carbons (Fsp3) is 0.526. The Kier molecular flexibility index (Phi) is 4.79. The largest absolute Gasteiger partial charge is 0.390 e. The van der Waals surface area contributed by atoms with Crippen LogP contribution in [-0.2, 0) is 11.3 Å². The molecule has 0 saturated carbocycles. The van der Waals surface area contributed by atoms with E-state index in [9.17, 15) is 14.6 Å². The van der Waals surface area contributed by atoms with Crippen LogP contribution < -0.4 is 0 Å². The van der Waals surface area contributed by atoms with Gasteiger partial charge in [0.15, 0.2) is 0 Å². The zero-order chi connectivity index (χ0) is 18.1. The summed E-state index contributed by atoms with van der Waals surface area (Å²) in [5.41, 5.74) is 1.30. The lowest BCUT2D eigenvalue weighted by molar-refractivity contribution is -0.214. The summed E-state index contributed by atoms with van der Waals surface area (Å²) in [6, 6.07) is 6.24. The number of nitrogens with zero attached hydrogens (tertiary/aromatic N) is 3. The summed E-state index contributed by atoms with van der Waals surface area (Å²) < 4.78 is 20.7. The van der Waals surface area contributed by atoms with E-state index in [0.717, 1.165) is 30.9 Å². The second kappa shape index (κ2) is 7.08. The Bertz CT molecular complexity index is 741. The monoisotopic (exact) mass is 361 g/mol. The van der Waals surface area contributed by atoms with Crippen LogP contribution in [0, 0.1) is 5.82 Å². The Hall–Kier alpha value is -1.80. The molecular formula is C19H24FN3O3. The summed E-state index contributed by atoms with van der Waals surface area (Å²) in [5, 5.41) is 24.6. The van der Waals surface area contributed by atoms with Crippen LogP contribution in [-0.4, -0.2) is 62.4 Å². The van der Waals surface area contributed by atoms with Gasteiger partial charge in [0.2, 0.25) is 0 Å². The van der Waals surface area contributed by atoms with Gasteiger partial charge in [0, 0.05) is 31.4 Å². The van der Waals surface area contributed by atoms with Crippen LogP contribution in [0.1, 0.15) is 24.8 Å². The molecule has 0 unspecified atom stereocenters. The molecule has 1 aromatic carbocycles. The molecule has 0 radical (unpaired) electrons. The van der Waals surface area contributed by atoms with Gasteiger partial charge in [-0.05, 0) is 43.5 Å². The minimum absolute atomic E-state index is 0.263. The van der Waals surface area contributed by atoms with Gasteiger partial charge in [-0.2, -0.15) is 5.10 Å². The maximum absolute atomic E-state index is 13.0. The fourth-order valence-electron chi connectivity index (χ4n) is 3.94. The van der Waals surface area contributed by atoms with Crippen LogP contribution in [0.25, 0.3) is 5.69 Å². The minimum Gasteiger partial charge on any atom is -0.390 e. The molecule has 2 atom stereocenters. The number of hydrogen-bond donors (Lipinski definition) is 2. The summed E-state index contributed by atoms with van der Waals surface area (Å²) in [7, 11) is 0. The van der Waals surface area contributed by atoms with Crippen LogP contribution in [0.15, 0.2) is 36.7 Å². The van der Waals surface area contributed by atoms with Crippen molar-refractivity contribution in [1.82, 2.24) is 14.7 Å². The average Bonchev–Trinajstić information content (AvgIpc) is 3.11. The number of piperidine rings is 1. The van der Waals surface area contributed by atoms with Crippen molar-refractivity contribution in [2.45, 2.75) is 43.6 Å². The third-order valence-electron chi connectivity index (χ3n) is 5.54. The SMILES string of the molecule is O[C@H]1CCOC2(CCN(Cc3cnn(-c4ccc(F)cc4)c3)CC2)[C@H]1O. The number of aliphatic hydroxyl groups is 2. The summed E-state index contributed by atoms with van der Waals surface area (Å²) in [6.45, 7) is 2.86. The molecule has 140 valence electrons. The number of rotatable bonds is 3. The van der Waals surface area contributed by atoms with E-state index < -0.39 is 17.8 Å². The summed E-state index contributed by atoms with van der Waals surface area (Å²) in [6.07, 6.45) is 4.18. The summed E-state index contributed by atoms with van der Waals surface area (Å²) in [4.78, 5) is 2.30. The van der Waals surface area contributed by atoms with Crippen molar-refractivity contribution < 1.29 is 19.3 Å². The van der Waals surface area contributed by atoms with Crippen molar-refractivity contribution in [3.05, 3.63) is 48.0 Å². The topological polar surface area (TPSA) is 70.8 Å². The molecule has 1 aromatic heterocycles. The average molecular weight is 361 g/mol. The first-order valence-corrected chi connectivity index (χ1v) is 9.08. The van der Waals surface area contributed by atoms with E-state index in [4.69, 9.17) is 4.74 Å². The van der Waals surface area contributed by atoms with E-state index in [1.165, 1.54) is 12.1 Å². The first kappa shape index (κ1) is 17.6. The molecule has 0 amide bonds. The number of halogens is 1. The molecule has 2 fully saturated rings. The number of aromatic nitrogens is 2. The Balaban J connectivity index is 1.37. The van der Waals surface area contributed by atoms with Gasteiger partial charge in [-0.25, -0.2) is 9.07 Å². The zero-order valence-corrected chi connectivity index (χ0v) is 14.6. The number of benzene rings is 1. The van der Waals surface area contributed by atoms with Gasteiger partial charge >= 0.3 is 0 Å². The lowest BCUT2D eigenvalue weighted by Crippen LogP contribution is -2.59. The first-order chi connectivity index (χ1) is 12.6. The standard InChI is InChI=1S/C19H24FN3O3/c20-15-1-3-16(4-2-15)23-13-14(11-21-23)12-22-8-6-19(7-9-22)18(25)17(24)5-10-26-19/h1-4,11,13,17-18,24-25H,5-10,12H2/t17-,18-/m0/s1.